The van der Waals surface area contributed by atoms with Gasteiger partial charge in [0, 0.05) is 18.0 Å². The minimum absolute atomic E-state index is 0.0865. The van der Waals surface area contributed by atoms with Crippen LogP contribution in [0.25, 0.3) is 21.9 Å². The Bertz CT molecular complexity index is 905. The molecule has 0 saturated heterocycles. The zero-order chi connectivity index (χ0) is 16.4. The molecule has 0 spiro atoms. The van der Waals surface area contributed by atoms with Gasteiger partial charge in [-0.05, 0) is 25.1 Å². The molecular formula is C16H11N5O2. The van der Waals surface area contributed by atoms with E-state index in [-0.39, 0.29) is 5.69 Å². The maximum Gasteiger partial charge on any atom is 0.356 e. The van der Waals surface area contributed by atoms with Crippen molar-refractivity contribution in [2.45, 2.75) is 6.92 Å². The number of carboxylic acid groups (broad SMARTS) is 1. The number of nitrogens with zero attached hydrogens (tertiary/aromatic N) is 5. The molecule has 0 unspecified atom stereocenters. The lowest BCUT2D eigenvalue weighted by Crippen LogP contribution is -2.03. The first-order valence-electron chi connectivity index (χ1n) is 6.69. The first-order chi connectivity index (χ1) is 11.1. The summed E-state index contributed by atoms with van der Waals surface area (Å²) in [5.74, 6) is -1.12. The predicted molar refractivity (Wildman–Crippen MR) is 82.5 cm³/mol. The van der Waals surface area contributed by atoms with Crippen molar-refractivity contribution >= 4 is 11.7 Å². The van der Waals surface area contributed by atoms with Crippen LogP contribution in [-0.2, 0) is 0 Å². The van der Waals surface area contributed by atoms with Gasteiger partial charge in [0.25, 0.3) is 0 Å². The van der Waals surface area contributed by atoms with Gasteiger partial charge in [0.05, 0.1) is 29.8 Å². The fraction of sp³-hybridized carbons (Fsp3) is 0.0625. The molecule has 3 aromatic rings. The summed E-state index contributed by atoms with van der Waals surface area (Å²) in [7, 11) is 0. The molecule has 0 radical (unpaired) electrons. The Morgan fingerprint density at radius 3 is 2.61 bits per heavy atom. The molecule has 0 aliphatic heterocycles. The summed E-state index contributed by atoms with van der Waals surface area (Å²) < 4.78 is 1.48. The minimum atomic E-state index is -1.12. The number of carbonyl (C=O) groups is 1. The maximum absolute atomic E-state index is 11.2. The largest absolute Gasteiger partial charge is 0.476 e. The van der Waals surface area contributed by atoms with Crippen molar-refractivity contribution in [2.75, 3.05) is 0 Å². The van der Waals surface area contributed by atoms with Gasteiger partial charge >= 0.3 is 5.97 Å². The number of aromatic nitrogens is 4. The highest BCUT2D eigenvalue weighted by atomic mass is 16.4. The van der Waals surface area contributed by atoms with Gasteiger partial charge in [-0.3, -0.25) is 9.97 Å². The SMILES string of the molecule is [C-]#[N+]c1ccc(-c2cc(C(=O)O)nn2-c2ccc(C)nc2)nc1. The van der Waals surface area contributed by atoms with Crippen LogP contribution < -0.4 is 0 Å². The topological polar surface area (TPSA) is 85.3 Å². The molecule has 23 heavy (non-hydrogen) atoms. The molecule has 0 aliphatic carbocycles. The quantitative estimate of drug-likeness (QED) is 0.752. The average Bonchev–Trinajstić information content (AvgIpc) is 3.01. The van der Waals surface area contributed by atoms with Gasteiger partial charge in [0.15, 0.2) is 5.69 Å². The van der Waals surface area contributed by atoms with Crippen LogP contribution in [0, 0.1) is 13.5 Å². The van der Waals surface area contributed by atoms with Gasteiger partial charge in [-0.2, -0.15) is 5.10 Å². The summed E-state index contributed by atoms with van der Waals surface area (Å²) in [4.78, 5) is 22.9. The lowest BCUT2D eigenvalue weighted by molar-refractivity contribution is 0.0690. The average molecular weight is 305 g/mol. The summed E-state index contributed by atoms with van der Waals surface area (Å²) in [5, 5.41) is 13.3. The van der Waals surface area contributed by atoms with Crippen LogP contribution in [0.3, 0.4) is 0 Å². The van der Waals surface area contributed by atoms with Gasteiger partial charge in [0.1, 0.15) is 0 Å². The molecule has 0 aliphatic rings. The Kier molecular flexibility index (Phi) is 3.57. The Morgan fingerprint density at radius 1 is 1.22 bits per heavy atom. The van der Waals surface area contributed by atoms with Gasteiger partial charge in [-0.25, -0.2) is 14.3 Å². The summed E-state index contributed by atoms with van der Waals surface area (Å²) >= 11 is 0. The van der Waals surface area contributed by atoms with Crippen LogP contribution in [0.4, 0.5) is 5.69 Å². The normalized spacial score (nSPS) is 10.3. The Balaban J connectivity index is 2.16. The molecule has 0 saturated carbocycles. The monoisotopic (exact) mass is 305 g/mol. The van der Waals surface area contributed by atoms with Crippen molar-refractivity contribution in [3.8, 4) is 17.1 Å². The fourth-order valence-corrected chi connectivity index (χ4v) is 2.05. The molecule has 7 nitrogen and oxygen atoms in total. The van der Waals surface area contributed by atoms with Crippen LogP contribution in [0.1, 0.15) is 16.2 Å². The van der Waals surface area contributed by atoms with Crippen molar-refractivity contribution < 1.29 is 9.90 Å². The second-order valence-electron chi connectivity index (χ2n) is 4.80. The highest BCUT2D eigenvalue weighted by molar-refractivity contribution is 5.87. The number of carboxylic acids is 1. The number of hydrogen-bond donors (Lipinski definition) is 1. The van der Waals surface area contributed by atoms with E-state index >= 15 is 0 Å². The third-order valence-corrected chi connectivity index (χ3v) is 3.21. The van der Waals surface area contributed by atoms with E-state index in [4.69, 9.17) is 6.57 Å². The van der Waals surface area contributed by atoms with Crippen LogP contribution in [-0.4, -0.2) is 30.8 Å². The lowest BCUT2D eigenvalue weighted by Gasteiger charge is -2.07. The molecule has 0 fully saturated rings. The molecule has 7 heteroatoms. The maximum atomic E-state index is 11.2. The number of rotatable bonds is 3. The Hall–Kier alpha value is -3.53. The van der Waals surface area contributed by atoms with E-state index in [2.05, 4.69) is 19.9 Å². The minimum Gasteiger partial charge on any atom is -0.476 e. The number of hydrogen-bond acceptors (Lipinski definition) is 4. The molecule has 3 aromatic heterocycles. The van der Waals surface area contributed by atoms with Crippen LogP contribution in [0.5, 0.6) is 0 Å². The zero-order valence-electron chi connectivity index (χ0n) is 12.1. The zero-order valence-corrected chi connectivity index (χ0v) is 12.1. The third-order valence-electron chi connectivity index (χ3n) is 3.21. The smallest absolute Gasteiger partial charge is 0.356 e. The second-order valence-corrected chi connectivity index (χ2v) is 4.80. The molecule has 0 bridgehead atoms. The lowest BCUT2D eigenvalue weighted by atomic mass is 10.2. The molecule has 0 amide bonds. The van der Waals surface area contributed by atoms with Crippen molar-refractivity contribution in [2.24, 2.45) is 0 Å². The van der Waals surface area contributed by atoms with Crippen molar-refractivity contribution in [3.63, 3.8) is 0 Å². The summed E-state index contributed by atoms with van der Waals surface area (Å²) in [6.07, 6.45) is 3.05. The van der Waals surface area contributed by atoms with Crippen LogP contribution in [0.2, 0.25) is 0 Å². The predicted octanol–water partition coefficient (Wildman–Crippen LogP) is 2.89. The molecule has 0 atom stereocenters. The van der Waals surface area contributed by atoms with Gasteiger partial charge < -0.3 is 5.11 Å². The number of aromatic carboxylic acids is 1. The van der Waals surface area contributed by atoms with Crippen molar-refractivity contribution in [1.29, 1.82) is 0 Å². The third kappa shape index (κ3) is 2.78. The molecule has 112 valence electrons. The first kappa shape index (κ1) is 14.4. The van der Waals surface area contributed by atoms with Gasteiger partial charge in [-0.1, -0.05) is 6.07 Å². The highest BCUT2D eigenvalue weighted by Crippen LogP contribution is 2.24. The highest BCUT2D eigenvalue weighted by Gasteiger charge is 2.17. The fourth-order valence-electron chi connectivity index (χ4n) is 2.05. The second kappa shape index (κ2) is 5.69. The molecular weight excluding hydrogens is 294 g/mol. The van der Waals surface area contributed by atoms with E-state index in [9.17, 15) is 9.90 Å². The molecule has 3 heterocycles. The summed E-state index contributed by atoms with van der Waals surface area (Å²) in [6, 6.07) is 8.35. The van der Waals surface area contributed by atoms with Crippen molar-refractivity contribution in [3.05, 3.63) is 65.5 Å². The standard InChI is InChI=1S/C16H11N5O2/c1-10-3-5-12(9-18-10)21-15(7-14(20-21)16(22)23)13-6-4-11(17-2)8-19-13/h3-9H,1H3,(H,22,23). The molecule has 3 rings (SSSR count). The molecule has 0 aromatic carbocycles. The van der Waals surface area contributed by atoms with Gasteiger partial charge in [0.2, 0.25) is 5.69 Å². The van der Waals surface area contributed by atoms with E-state index in [0.29, 0.717) is 22.8 Å². The number of aryl methyl sites for hydroxylation is 1. The van der Waals surface area contributed by atoms with Crippen LogP contribution in [0.15, 0.2) is 42.7 Å². The Morgan fingerprint density at radius 2 is 2.04 bits per heavy atom. The van der Waals surface area contributed by atoms with E-state index in [1.165, 1.54) is 16.9 Å². The van der Waals surface area contributed by atoms with Gasteiger partial charge in [-0.15, -0.1) is 0 Å². The van der Waals surface area contributed by atoms with E-state index in [1.807, 2.05) is 13.0 Å². The van der Waals surface area contributed by atoms with E-state index in [0.717, 1.165) is 5.69 Å². The molecule has 1 N–H and O–H groups in total. The summed E-state index contributed by atoms with van der Waals surface area (Å²) in [6.45, 7) is 8.82. The van der Waals surface area contributed by atoms with E-state index in [1.54, 1.807) is 24.4 Å². The number of pyridine rings is 2. The first-order valence-corrected chi connectivity index (χ1v) is 6.69. The van der Waals surface area contributed by atoms with Crippen molar-refractivity contribution in [1.82, 2.24) is 19.7 Å². The summed E-state index contributed by atoms with van der Waals surface area (Å²) in [5.41, 5.74) is 2.85. The van der Waals surface area contributed by atoms with Crippen LogP contribution >= 0.6 is 0 Å². The Labute approximate surface area is 131 Å². The van der Waals surface area contributed by atoms with E-state index < -0.39 is 5.97 Å².